The first-order valence-corrected chi connectivity index (χ1v) is 8.36. The summed E-state index contributed by atoms with van der Waals surface area (Å²) in [5.74, 6) is 0.682. The van der Waals surface area contributed by atoms with Crippen LogP contribution < -0.4 is 9.46 Å². The third-order valence-electron chi connectivity index (χ3n) is 2.56. The number of nitrogens with one attached hydrogen (secondary N) is 1. The van der Waals surface area contributed by atoms with Gasteiger partial charge in [0.1, 0.15) is 10.6 Å². The summed E-state index contributed by atoms with van der Waals surface area (Å²) in [7, 11) is -3.68. The number of benzene rings is 1. The molecule has 5 nitrogen and oxygen atoms in total. The van der Waals surface area contributed by atoms with E-state index in [2.05, 4.69) is 4.72 Å². The second kappa shape index (κ2) is 6.25. The summed E-state index contributed by atoms with van der Waals surface area (Å²) >= 11 is 1.21. The average Bonchev–Trinajstić information content (AvgIpc) is 2.90. The van der Waals surface area contributed by atoms with Crippen LogP contribution >= 0.6 is 11.3 Å². The molecule has 2 rings (SSSR count). The fourth-order valence-corrected chi connectivity index (χ4v) is 4.03. The number of ether oxygens (including phenoxy) is 1. The lowest BCUT2D eigenvalue weighted by Crippen LogP contribution is -2.13. The molecule has 0 amide bonds. The topological polar surface area (TPSA) is 75.6 Å². The molecule has 7 heteroatoms. The second-order valence-corrected chi connectivity index (χ2v) is 6.58. The molecular weight excluding hydrogens is 298 g/mol. The minimum absolute atomic E-state index is 0.110. The normalized spacial score (nSPS) is 11.3. The number of anilines is 1. The SMILES string of the molecule is CCOc1ccc(NS(=O)(=O)c2ccsc2CO)cc1. The standard InChI is InChI=1S/C13H15NO4S2/c1-2-18-11-5-3-10(4-6-11)14-20(16,17)13-7-8-19-12(13)9-15/h3-8,14-15H,2,9H2,1H3. The Morgan fingerprint density at radius 2 is 1.95 bits per heavy atom. The van der Waals surface area contributed by atoms with E-state index in [4.69, 9.17) is 9.84 Å². The number of rotatable bonds is 6. The van der Waals surface area contributed by atoms with Crippen molar-refractivity contribution in [3.05, 3.63) is 40.6 Å². The summed E-state index contributed by atoms with van der Waals surface area (Å²) in [4.78, 5) is 0.530. The van der Waals surface area contributed by atoms with Gasteiger partial charge in [-0.15, -0.1) is 11.3 Å². The molecule has 108 valence electrons. The van der Waals surface area contributed by atoms with Crippen LogP contribution in [0.2, 0.25) is 0 Å². The molecule has 1 aromatic carbocycles. The lowest BCUT2D eigenvalue weighted by molar-refractivity contribution is 0.282. The van der Waals surface area contributed by atoms with Gasteiger partial charge in [0.15, 0.2) is 0 Å². The molecule has 20 heavy (non-hydrogen) atoms. The van der Waals surface area contributed by atoms with Gasteiger partial charge in [-0.3, -0.25) is 4.72 Å². The number of thiophene rings is 1. The third kappa shape index (κ3) is 3.30. The van der Waals surface area contributed by atoms with E-state index in [0.717, 1.165) is 0 Å². The van der Waals surface area contributed by atoms with Crippen LogP contribution in [0.3, 0.4) is 0 Å². The van der Waals surface area contributed by atoms with Crippen molar-refractivity contribution in [3.63, 3.8) is 0 Å². The number of hydrogen-bond acceptors (Lipinski definition) is 5. The lowest BCUT2D eigenvalue weighted by atomic mass is 10.3. The van der Waals surface area contributed by atoms with Crippen molar-refractivity contribution in [1.29, 1.82) is 0 Å². The highest BCUT2D eigenvalue weighted by Crippen LogP contribution is 2.25. The molecule has 0 saturated heterocycles. The Morgan fingerprint density at radius 3 is 2.55 bits per heavy atom. The fraction of sp³-hybridized carbons (Fsp3) is 0.231. The summed E-state index contributed by atoms with van der Waals surface area (Å²) in [6.45, 7) is 2.14. The van der Waals surface area contributed by atoms with Gasteiger partial charge in [-0.2, -0.15) is 0 Å². The van der Waals surface area contributed by atoms with E-state index in [0.29, 0.717) is 22.9 Å². The van der Waals surface area contributed by atoms with Crippen molar-refractivity contribution in [1.82, 2.24) is 0 Å². The first kappa shape index (κ1) is 14.8. The number of sulfonamides is 1. The van der Waals surface area contributed by atoms with Crippen molar-refractivity contribution in [3.8, 4) is 5.75 Å². The fourth-order valence-electron chi connectivity index (χ4n) is 1.68. The molecular formula is C13H15NO4S2. The zero-order chi connectivity index (χ0) is 14.6. The van der Waals surface area contributed by atoms with E-state index in [9.17, 15) is 8.42 Å². The molecule has 0 spiro atoms. The van der Waals surface area contributed by atoms with E-state index in [1.807, 2.05) is 6.92 Å². The van der Waals surface area contributed by atoms with Crippen molar-refractivity contribution in [2.75, 3.05) is 11.3 Å². The number of aliphatic hydroxyl groups is 1. The molecule has 0 bridgehead atoms. The number of aliphatic hydroxyl groups excluding tert-OH is 1. The summed E-state index contributed by atoms with van der Waals surface area (Å²) in [5, 5.41) is 10.8. The maximum atomic E-state index is 12.2. The van der Waals surface area contributed by atoms with Crippen LogP contribution in [-0.4, -0.2) is 20.1 Å². The van der Waals surface area contributed by atoms with Gasteiger partial charge in [0.05, 0.1) is 18.1 Å². The quantitative estimate of drug-likeness (QED) is 0.859. The molecule has 2 aromatic rings. The predicted molar refractivity (Wildman–Crippen MR) is 78.7 cm³/mol. The highest BCUT2D eigenvalue weighted by molar-refractivity contribution is 7.93. The van der Waals surface area contributed by atoms with E-state index in [1.165, 1.54) is 17.4 Å². The van der Waals surface area contributed by atoms with Gasteiger partial charge in [0, 0.05) is 5.69 Å². The monoisotopic (exact) mass is 313 g/mol. The van der Waals surface area contributed by atoms with Gasteiger partial charge in [0.2, 0.25) is 0 Å². The molecule has 0 aliphatic rings. The molecule has 2 N–H and O–H groups in total. The van der Waals surface area contributed by atoms with Crippen molar-refractivity contribution >= 4 is 27.0 Å². The van der Waals surface area contributed by atoms with Crippen LogP contribution in [0.4, 0.5) is 5.69 Å². The number of hydrogen-bond donors (Lipinski definition) is 2. The lowest BCUT2D eigenvalue weighted by Gasteiger charge is -2.09. The minimum Gasteiger partial charge on any atom is -0.494 e. The van der Waals surface area contributed by atoms with Gasteiger partial charge < -0.3 is 9.84 Å². The second-order valence-electron chi connectivity index (χ2n) is 3.93. The van der Waals surface area contributed by atoms with E-state index >= 15 is 0 Å². The zero-order valence-corrected chi connectivity index (χ0v) is 12.5. The highest BCUT2D eigenvalue weighted by Gasteiger charge is 2.19. The van der Waals surface area contributed by atoms with Gasteiger partial charge in [0.25, 0.3) is 10.0 Å². The Labute approximate surface area is 121 Å². The molecule has 0 fully saturated rings. The first-order valence-electron chi connectivity index (χ1n) is 5.99. The Balaban J connectivity index is 2.20. The summed E-state index contributed by atoms with van der Waals surface area (Å²) in [6.07, 6.45) is 0. The Kier molecular flexibility index (Phi) is 4.64. The van der Waals surface area contributed by atoms with Gasteiger partial charge in [-0.25, -0.2) is 8.42 Å². The van der Waals surface area contributed by atoms with E-state index in [1.54, 1.807) is 29.6 Å². The van der Waals surface area contributed by atoms with E-state index < -0.39 is 10.0 Å². The van der Waals surface area contributed by atoms with Crippen LogP contribution in [0.5, 0.6) is 5.75 Å². The van der Waals surface area contributed by atoms with Crippen LogP contribution in [0.15, 0.2) is 40.6 Å². The van der Waals surface area contributed by atoms with Crippen LogP contribution in [0, 0.1) is 0 Å². The Morgan fingerprint density at radius 1 is 1.25 bits per heavy atom. The molecule has 0 radical (unpaired) electrons. The Bertz CT molecular complexity index is 662. The molecule has 0 aliphatic carbocycles. The third-order valence-corrected chi connectivity index (χ3v) is 5.06. The largest absolute Gasteiger partial charge is 0.494 e. The maximum absolute atomic E-state index is 12.2. The van der Waals surface area contributed by atoms with Gasteiger partial charge in [-0.1, -0.05) is 0 Å². The van der Waals surface area contributed by atoms with Crippen molar-refractivity contribution in [2.24, 2.45) is 0 Å². The van der Waals surface area contributed by atoms with Crippen LogP contribution in [-0.2, 0) is 16.6 Å². The minimum atomic E-state index is -3.68. The molecule has 0 aliphatic heterocycles. The Hall–Kier alpha value is -1.57. The van der Waals surface area contributed by atoms with Gasteiger partial charge >= 0.3 is 0 Å². The highest BCUT2D eigenvalue weighted by atomic mass is 32.2. The maximum Gasteiger partial charge on any atom is 0.263 e. The molecule has 1 aromatic heterocycles. The molecule has 0 saturated carbocycles. The first-order chi connectivity index (χ1) is 9.56. The van der Waals surface area contributed by atoms with E-state index in [-0.39, 0.29) is 11.5 Å². The molecule has 0 atom stereocenters. The predicted octanol–water partition coefficient (Wildman–Crippen LogP) is 2.44. The molecule has 1 heterocycles. The van der Waals surface area contributed by atoms with Crippen molar-refractivity contribution in [2.45, 2.75) is 18.4 Å². The smallest absolute Gasteiger partial charge is 0.263 e. The zero-order valence-electron chi connectivity index (χ0n) is 10.9. The summed E-state index contributed by atoms with van der Waals surface area (Å²) < 4.78 is 32.2. The summed E-state index contributed by atoms with van der Waals surface area (Å²) in [5.41, 5.74) is 0.448. The van der Waals surface area contributed by atoms with Crippen LogP contribution in [0.25, 0.3) is 0 Å². The van der Waals surface area contributed by atoms with Crippen LogP contribution in [0.1, 0.15) is 11.8 Å². The summed E-state index contributed by atoms with van der Waals surface area (Å²) in [6, 6.07) is 8.14. The molecule has 0 unspecified atom stereocenters. The van der Waals surface area contributed by atoms with Gasteiger partial charge in [-0.05, 0) is 42.6 Å². The average molecular weight is 313 g/mol. The van der Waals surface area contributed by atoms with Crippen molar-refractivity contribution < 1.29 is 18.3 Å².